The van der Waals surface area contributed by atoms with E-state index in [1.54, 1.807) is 12.1 Å². The molecule has 0 radical (unpaired) electrons. The number of benzene rings is 1. The number of hydrazone groups is 1. The van der Waals surface area contributed by atoms with E-state index in [0.29, 0.717) is 32.0 Å². The van der Waals surface area contributed by atoms with Crippen molar-refractivity contribution >= 4 is 22.9 Å². The number of nitrogens with two attached hydrogens (primary N) is 1. The van der Waals surface area contributed by atoms with Crippen LogP contribution in [0.5, 0.6) is 0 Å². The molecule has 1 fully saturated rings. The third-order valence-electron chi connectivity index (χ3n) is 2.96. The normalized spacial score (nSPS) is 15.4. The monoisotopic (exact) mass is 290 g/mol. The predicted molar refractivity (Wildman–Crippen MR) is 78.0 cm³/mol. The third-order valence-corrected chi connectivity index (χ3v) is 2.96. The lowest BCUT2D eigenvalue weighted by Gasteiger charge is -2.30. The van der Waals surface area contributed by atoms with Crippen molar-refractivity contribution < 1.29 is 9.13 Å². The molecule has 4 N–H and O–H groups in total. The van der Waals surface area contributed by atoms with Gasteiger partial charge >= 0.3 is 0 Å². The summed E-state index contributed by atoms with van der Waals surface area (Å²) in [6.45, 7) is 2.55. The maximum Gasteiger partial charge on any atom is 0.201 e. The lowest BCUT2D eigenvalue weighted by atomic mass is 10.2. The van der Waals surface area contributed by atoms with Crippen molar-refractivity contribution in [2.75, 3.05) is 36.6 Å². The Hall–Kier alpha value is -2.66. The minimum absolute atomic E-state index is 0.257. The highest BCUT2D eigenvalue weighted by molar-refractivity contribution is 6.45. The Morgan fingerprint density at radius 2 is 2.19 bits per heavy atom. The average molecular weight is 290 g/mol. The van der Waals surface area contributed by atoms with Crippen LogP contribution in [0.4, 0.5) is 15.8 Å². The lowest BCUT2D eigenvalue weighted by Crippen LogP contribution is -2.36. The fraction of sp³-hybridized carbons (Fsp3) is 0.308. The molecule has 0 unspecified atom stereocenters. The SMILES string of the molecule is N#C/C(=N\Nc1cc(F)ccc1N1CCOCC1)C(=N)N. The highest BCUT2D eigenvalue weighted by Gasteiger charge is 2.15. The van der Waals surface area contributed by atoms with Crippen molar-refractivity contribution in [3.63, 3.8) is 0 Å². The summed E-state index contributed by atoms with van der Waals surface area (Å²) in [4.78, 5) is 2.03. The standard InChI is InChI=1S/C13H15FN6O/c14-9-1-2-12(20-3-5-21-6-4-20)10(7-9)18-19-11(8-15)13(16)17/h1-2,7,18H,3-6H2,(H3,16,17)/b19-11+. The maximum atomic E-state index is 13.4. The van der Waals surface area contributed by atoms with Gasteiger partial charge in [-0.05, 0) is 12.1 Å². The zero-order valence-electron chi connectivity index (χ0n) is 11.3. The van der Waals surface area contributed by atoms with Crippen molar-refractivity contribution in [2.24, 2.45) is 10.8 Å². The molecule has 1 saturated heterocycles. The summed E-state index contributed by atoms with van der Waals surface area (Å²) in [5.74, 6) is -0.875. The smallest absolute Gasteiger partial charge is 0.201 e. The van der Waals surface area contributed by atoms with E-state index in [4.69, 9.17) is 21.1 Å². The van der Waals surface area contributed by atoms with E-state index in [-0.39, 0.29) is 5.71 Å². The molecule has 1 aliphatic heterocycles. The predicted octanol–water partition coefficient (Wildman–Crippen LogP) is 0.890. The van der Waals surface area contributed by atoms with Crippen molar-refractivity contribution in [3.8, 4) is 6.07 Å². The molecule has 0 saturated carbocycles. The van der Waals surface area contributed by atoms with Gasteiger partial charge in [0.15, 0.2) is 5.84 Å². The van der Waals surface area contributed by atoms with Crippen molar-refractivity contribution in [1.29, 1.82) is 10.7 Å². The van der Waals surface area contributed by atoms with Gasteiger partial charge in [-0.2, -0.15) is 10.4 Å². The fourth-order valence-electron chi connectivity index (χ4n) is 1.94. The number of nitriles is 1. The molecule has 8 heteroatoms. The van der Waals surface area contributed by atoms with Crippen LogP contribution in [0.15, 0.2) is 23.3 Å². The van der Waals surface area contributed by atoms with Crippen LogP contribution in [0, 0.1) is 22.6 Å². The number of nitrogens with one attached hydrogen (secondary N) is 2. The molecule has 0 aliphatic carbocycles. The molecule has 0 aromatic heterocycles. The Bertz CT molecular complexity index is 603. The van der Waals surface area contributed by atoms with Gasteiger partial charge in [-0.15, -0.1) is 0 Å². The summed E-state index contributed by atoms with van der Waals surface area (Å²) < 4.78 is 18.7. The molecule has 1 heterocycles. The topological polar surface area (TPSA) is 111 Å². The number of anilines is 2. The molecule has 1 aromatic rings. The van der Waals surface area contributed by atoms with E-state index in [1.807, 2.05) is 4.90 Å². The number of morpholine rings is 1. The zero-order chi connectivity index (χ0) is 15.2. The summed E-state index contributed by atoms with van der Waals surface area (Å²) in [6, 6.07) is 5.97. The number of amidine groups is 1. The number of ether oxygens (including phenoxy) is 1. The van der Waals surface area contributed by atoms with E-state index in [1.165, 1.54) is 12.1 Å². The maximum absolute atomic E-state index is 13.4. The Morgan fingerprint density at radius 3 is 2.81 bits per heavy atom. The first-order valence-electron chi connectivity index (χ1n) is 6.32. The number of hydrogen-bond acceptors (Lipinski definition) is 6. The molecular weight excluding hydrogens is 275 g/mol. The first kappa shape index (κ1) is 14.7. The summed E-state index contributed by atoms with van der Waals surface area (Å²) in [6.07, 6.45) is 0. The first-order valence-corrected chi connectivity index (χ1v) is 6.32. The molecule has 1 aliphatic rings. The molecule has 7 nitrogen and oxygen atoms in total. The minimum Gasteiger partial charge on any atom is -0.382 e. The van der Waals surface area contributed by atoms with Gasteiger partial charge in [0.05, 0.1) is 24.6 Å². The van der Waals surface area contributed by atoms with E-state index in [0.717, 1.165) is 5.69 Å². The van der Waals surface area contributed by atoms with Crippen LogP contribution in [0.3, 0.4) is 0 Å². The largest absolute Gasteiger partial charge is 0.382 e. The second-order valence-electron chi connectivity index (χ2n) is 4.36. The number of rotatable bonds is 4. The highest BCUT2D eigenvalue weighted by Crippen LogP contribution is 2.27. The third kappa shape index (κ3) is 3.67. The van der Waals surface area contributed by atoms with Crippen LogP contribution in [-0.2, 0) is 4.74 Å². The Balaban J connectivity index is 2.27. The van der Waals surface area contributed by atoms with Crippen molar-refractivity contribution in [3.05, 3.63) is 24.0 Å². The van der Waals surface area contributed by atoms with Crippen LogP contribution in [-0.4, -0.2) is 37.9 Å². The molecular formula is C13H15FN6O. The van der Waals surface area contributed by atoms with E-state index in [9.17, 15) is 4.39 Å². The Morgan fingerprint density at radius 1 is 1.48 bits per heavy atom. The highest BCUT2D eigenvalue weighted by atomic mass is 19.1. The van der Waals surface area contributed by atoms with Crippen LogP contribution < -0.4 is 16.1 Å². The molecule has 0 bridgehead atoms. The summed E-state index contributed by atoms with van der Waals surface area (Å²) >= 11 is 0. The van der Waals surface area contributed by atoms with Gasteiger partial charge < -0.3 is 15.4 Å². The average Bonchev–Trinajstić information content (AvgIpc) is 2.48. The Kier molecular flexibility index (Phi) is 4.68. The van der Waals surface area contributed by atoms with E-state index >= 15 is 0 Å². The van der Waals surface area contributed by atoms with Crippen LogP contribution in [0.2, 0.25) is 0 Å². The summed E-state index contributed by atoms with van der Waals surface area (Å²) in [5, 5.41) is 19.7. The molecule has 110 valence electrons. The number of hydrogen-bond donors (Lipinski definition) is 3. The van der Waals surface area contributed by atoms with Crippen LogP contribution >= 0.6 is 0 Å². The zero-order valence-corrected chi connectivity index (χ0v) is 11.3. The second kappa shape index (κ2) is 6.67. The molecule has 21 heavy (non-hydrogen) atoms. The number of halogens is 1. The van der Waals surface area contributed by atoms with E-state index < -0.39 is 11.7 Å². The van der Waals surface area contributed by atoms with Gasteiger partial charge in [0.2, 0.25) is 5.71 Å². The van der Waals surface area contributed by atoms with Gasteiger partial charge in [-0.1, -0.05) is 0 Å². The summed E-state index contributed by atoms with van der Waals surface area (Å²) in [5.41, 5.74) is 8.72. The lowest BCUT2D eigenvalue weighted by molar-refractivity contribution is 0.123. The Labute approximate surface area is 121 Å². The van der Waals surface area contributed by atoms with Gasteiger partial charge in [0, 0.05) is 19.2 Å². The molecule has 0 spiro atoms. The second-order valence-corrected chi connectivity index (χ2v) is 4.36. The number of nitrogens with zero attached hydrogens (tertiary/aromatic N) is 3. The van der Waals surface area contributed by atoms with Gasteiger partial charge in [-0.25, -0.2) is 4.39 Å². The molecule has 0 atom stereocenters. The fourth-order valence-corrected chi connectivity index (χ4v) is 1.94. The van der Waals surface area contributed by atoms with Crippen LogP contribution in [0.25, 0.3) is 0 Å². The molecule has 2 rings (SSSR count). The quantitative estimate of drug-likeness (QED) is 0.433. The van der Waals surface area contributed by atoms with Crippen molar-refractivity contribution in [1.82, 2.24) is 0 Å². The summed E-state index contributed by atoms with van der Waals surface area (Å²) in [7, 11) is 0. The van der Waals surface area contributed by atoms with Gasteiger partial charge in [0.1, 0.15) is 11.9 Å². The molecule has 0 amide bonds. The molecule has 1 aromatic carbocycles. The first-order chi connectivity index (χ1) is 10.1. The van der Waals surface area contributed by atoms with E-state index in [2.05, 4.69) is 10.5 Å². The van der Waals surface area contributed by atoms with Crippen molar-refractivity contribution in [2.45, 2.75) is 0 Å². The van der Waals surface area contributed by atoms with Gasteiger partial charge in [0.25, 0.3) is 0 Å². The minimum atomic E-state index is -0.450. The van der Waals surface area contributed by atoms with Crippen LogP contribution in [0.1, 0.15) is 0 Å². The van der Waals surface area contributed by atoms with Gasteiger partial charge in [-0.3, -0.25) is 10.8 Å².